The molecule has 0 bridgehead atoms. The zero-order chi connectivity index (χ0) is 12.0. The van der Waals surface area contributed by atoms with Gasteiger partial charge >= 0.3 is 0 Å². The number of hydrogen-bond donors (Lipinski definition) is 0. The molecule has 0 fully saturated rings. The van der Waals surface area contributed by atoms with Gasteiger partial charge < -0.3 is 4.74 Å². The number of hydrogen-bond acceptors (Lipinski definition) is 2. The summed E-state index contributed by atoms with van der Waals surface area (Å²) in [5, 5.41) is 8.50. The average molecular weight is 225 g/mol. The summed E-state index contributed by atoms with van der Waals surface area (Å²) in [6, 6.07) is 3.62. The molecule has 0 unspecified atom stereocenters. The van der Waals surface area contributed by atoms with Gasteiger partial charge in [0.2, 0.25) is 0 Å². The Hall–Kier alpha value is -1.63. The van der Waals surface area contributed by atoms with Crippen molar-refractivity contribution in [3.05, 3.63) is 29.3 Å². The van der Waals surface area contributed by atoms with Crippen LogP contribution in [-0.4, -0.2) is 6.61 Å². The Balaban J connectivity index is 2.70. The van der Waals surface area contributed by atoms with Crippen molar-refractivity contribution >= 4 is 0 Å². The number of nitrogens with zero attached hydrogens (tertiary/aromatic N) is 1. The van der Waals surface area contributed by atoms with Gasteiger partial charge in [0.05, 0.1) is 18.2 Å². The minimum Gasteiger partial charge on any atom is -0.488 e. The molecule has 2 nitrogen and oxygen atoms in total. The minimum absolute atomic E-state index is 0.0455. The molecule has 0 aromatic heterocycles. The lowest BCUT2D eigenvalue weighted by Crippen LogP contribution is -2.02. The molecule has 1 aromatic carbocycles. The monoisotopic (exact) mass is 225 g/mol. The summed E-state index contributed by atoms with van der Waals surface area (Å²) in [4.78, 5) is 0. The van der Waals surface area contributed by atoms with Crippen LogP contribution in [0.2, 0.25) is 0 Å². The summed E-state index contributed by atoms with van der Waals surface area (Å²) in [6.07, 6.45) is 2.73. The molecule has 4 heteroatoms. The number of nitriles is 1. The van der Waals surface area contributed by atoms with Crippen molar-refractivity contribution in [2.45, 2.75) is 26.2 Å². The van der Waals surface area contributed by atoms with Crippen LogP contribution < -0.4 is 4.74 Å². The maximum absolute atomic E-state index is 13.3. The Morgan fingerprint density at radius 1 is 1.25 bits per heavy atom. The third-order valence-corrected chi connectivity index (χ3v) is 2.12. The molecule has 0 heterocycles. The van der Waals surface area contributed by atoms with E-state index in [1.165, 1.54) is 0 Å². The molecule has 16 heavy (non-hydrogen) atoms. The van der Waals surface area contributed by atoms with Crippen LogP contribution in [0.1, 0.15) is 31.7 Å². The van der Waals surface area contributed by atoms with Crippen LogP contribution in [0.25, 0.3) is 0 Å². The number of ether oxygens (including phenoxy) is 1. The first-order chi connectivity index (χ1) is 7.69. The summed E-state index contributed by atoms with van der Waals surface area (Å²) in [6.45, 7) is 2.32. The van der Waals surface area contributed by atoms with Gasteiger partial charge in [-0.05, 0) is 18.6 Å². The van der Waals surface area contributed by atoms with Crippen molar-refractivity contribution in [2.75, 3.05) is 6.61 Å². The van der Waals surface area contributed by atoms with Crippen LogP contribution >= 0.6 is 0 Å². The molecule has 0 atom stereocenters. The second kappa shape index (κ2) is 6.06. The van der Waals surface area contributed by atoms with Gasteiger partial charge in [0, 0.05) is 0 Å². The predicted molar refractivity (Wildman–Crippen MR) is 56.1 cm³/mol. The SMILES string of the molecule is CCCCCOc1c(F)cc(C#N)cc1F. The molecule has 0 N–H and O–H groups in total. The molecule has 0 aliphatic carbocycles. The van der Waals surface area contributed by atoms with Gasteiger partial charge in [0.1, 0.15) is 0 Å². The van der Waals surface area contributed by atoms with Crippen molar-refractivity contribution in [3.8, 4) is 11.8 Å². The van der Waals surface area contributed by atoms with Crippen molar-refractivity contribution in [2.24, 2.45) is 0 Å². The van der Waals surface area contributed by atoms with E-state index < -0.39 is 17.4 Å². The number of benzene rings is 1. The number of unbranched alkanes of at least 4 members (excludes halogenated alkanes) is 2. The predicted octanol–water partition coefficient (Wildman–Crippen LogP) is 3.41. The van der Waals surface area contributed by atoms with E-state index in [1.54, 1.807) is 6.07 Å². The molecule has 0 spiro atoms. The second-order valence-corrected chi connectivity index (χ2v) is 3.44. The van der Waals surface area contributed by atoms with Gasteiger partial charge in [-0.15, -0.1) is 0 Å². The fourth-order valence-electron chi connectivity index (χ4n) is 1.29. The van der Waals surface area contributed by atoms with Crippen LogP contribution in [0.3, 0.4) is 0 Å². The fraction of sp³-hybridized carbons (Fsp3) is 0.417. The van der Waals surface area contributed by atoms with E-state index in [0.29, 0.717) is 0 Å². The third-order valence-electron chi connectivity index (χ3n) is 2.12. The molecule has 0 radical (unpaired) electrons. The zero-order valence-electron chi connectivity index (χ0n) is 9.09. The van der Waals surface area contributed by atoms with Crippen molar-refractivity contribution in [3.63, 3.8) is 0 Å². The molecule has 0 aliphatic rings. The normalized spacial score (nSPS) is 9.88. The fourth-order valence-corrected chi connectivity index (χ4v) is 1.29. The lowest BCUT2D eigenvalue weighted by atomic mass is 10.2. The molecule has 1 aromatic rings. The van der Waals surface area contributed by atoms with Crippen LogP contribution in [0.15, 0.2) is 12.1 Å². The zero-order valence-corrected chi connectivity index (χ0v) is 9.09. The molecule has 86 valence electrons. The molecule has 0 aliphatic heterocycles. The first-order valence-electron chi connectivity index (χ1n) is 5.21. The summed E-state index contributed by atoms with van der Waals surface area (Å²) in [5.74, 6) is -2.05. The molecule has 0 saturated heterocycles. The Bertz CT molecular complexity index is 375. The minimum atomic E-state index is -0.826. The standard InChI is InChI=1S/C12H13F2NO/c1-2-3-4-5-16-12-10(13)6-9(8-15)7-11(12)14/h6-7H,2-5H2,1H3. The van der Waals surface area contributed by atoms with Crippen molar-refractivity contribution in [1.82, 2.24) is 0 Å². The molecule has 0 saturated carbocycles. The Kier molecular flexibility index (Phi) is 4.71. The quantitative estimate of drug-likeness (QED) is 0.719. The number of rotatable bonds is 5. The van der Waals surface area contributed by atoms with Crippen LogP contribution in [0.5, 0.6) is 5.75 Å². The van der Waals surface area contributed by atoms with Gasteiger partial charge in [-0.3, -0.25) is 0 Å². The Labute approximate surface area is 93.5 Å². The Morgan fingerprint density at radius 3 is 2.38 bits per heavy atom. The molecule has 0 amide bonds. The second-order valence-electron chi connectivity index (χ2n) is 3.44. The van der Waals surface area contributed by atoms with E-state index in [1.807, 2.05) is 6.92 Å². The highest BCUT2D eigenvalue weighted by molar-refractivity contribution is 5.37. The number of halogens is 2. The Morgan fingerprint density at radius 2 is 1.88 bits per heavy atom. The van der Waals surface area contributed by atoms with Crippen LogP contribution in [-0.2, 0) is 0 Å². The summed E-state index contributed by atoms with van der Waals surface area (Å²) >= 11 is 0. The largest absolute Gasteiger partial charge is 0.488 e. The molecule has 1 rings (SSSR count). The molecular formula is C12H13F2NO. The van der Waals surface area contributed by atoms with Crippen LogP contribution in [0.4, 0.5) is 8.78 Å². The van der Waals surface area contributed by atoms with E-state index in [-0.39, 0.29) is 12.2 Å². The maximum atomic E-state index is 13.3. The topological polar surface area (TPSA) is 33.0 Å². The first-order valence-corrected chi connectivity index (χ1v) is 5.21. The smallest absolute Gasteiger partial charge is 0.190 e. The summed E-state index contributed by atoms with van der Waals surface area (Å²) in [5.41, 5.74) is -0.0455. The van der Waals surface area contributed by atoms with Gasteiger partial charge in [-0.1, -0.05) is 19.8 Å². The molecular weight excluding hydrogens is 212 g/mol. The summed E-state index contributed by atoms with van der Waals surface area (Å²) < 4.78 is 31.6. The van der Waals surface area contributed by atoms with E-state index >= 15 is 0 Å². The van der Waals surface area contributed by atoms with Gasteiger partial charge in [-0.2, -0.15) is 5.26 Å². The lowest BCUT2D eigenvalue weighted by Gasteiger charge is -2.07. The highest BCUT2D eigenvalue weighted by Crippen LogP contribution is 2.23. The summed E-state index contributed by atoms with van der Waals surface area (Å²) in [7, 11) is 0. The van der Waals surface area contributed by atoms with Crippen molar-refractivity contribution < 1.29 is 13.5 Å². The third kappa shape index (κ3) is 3.20. The van der Waals surface area contributed by atoms with Gasteiger partial charge in [0.25, 0.3) is 0 Å². The van der Waals surface area contributed by atoms with E-state index in [2.05, 4.69) is 0 Å². The van der Waals surface area contributed by atoms with Gasteiger partial charge in [-0.25, -0.2) is 8.78 Å². The van der Waals surface area contributed by atoms with E-state index in [0.717, 1.165) is 31.4 Å². The van der Waals surface area contributed by atoms with Crippen molar-refractivity contribution in [1.29, 1.82) is 5.26 Å². The lowest BCUT2D eigenvalue weighted by molar-refractivity contribution is 0.276. The van der Waals surface area contributed by atoms with Gasteiger partial charge in [0.15, 0.2) is 17.4 Å². The van der Waals surface area contributed by atoms with Crippen LogP contribution in [0, 0.1) is 23.0 Å². The highest BCUT2D eigenvalue weighted by Gasteiger charge is 2.12. The average Bonchev–Trinajstić information content (AvgIpc) is 2.26. The first kappa shape index (κ1) is 12.4. The maximum Gasteiger partial charge on any atom is 0.190 e. The van der Waals surface area contributed by atoms with E-state index in [4.69, 9.17) is 10.00 Å². The highest BCUT2D eigenvalue weighted by atomic mass is 19.1. The van der Waals surface area contributed by atoms with E-state index in [9.17, 15) is 8.78 Å².